The Balaban J connectivity index is 1.48. The summed E-state index contributed by atoms with van der Waals surface area (Å²) in [5.41, 5.74) is 3.96. The van der Waals surface area contributed by atoms with Gasteiger partial charge < -0.3 is 4.74 Å². The Morgan fingerprint density at radius 1 is 1.19 bits per heavy atom. The summed E-state index contributed by atoms with van der Waals surface area (Å²) in [6, 6.07) is 13.9. The first-order valence-corrected chi connectivity index (χ1v) is 9.57. The molecule has 0 atom stereocenters. The van der Waals surface area contributed by atoms with Crippen LogP contribution < -0.4 is 5.32 Å². The van der Waals surface area contributed by atoms with Crippen LogP contribution in [0.4, 0.5) is 5.13 Å². The van der Waals surface area contributed by atoms with Crippen molar-refractivity contribution >= 4 is 32.6 Å². The normalized spacial score (nSPS) is 15.3. The number of ether oxygens (including phenoxy) is 1. The van der Waals surface area contributed by atoms with E-state index in [0.29, 0.717) is 10.7 Å². The minimum Gasteiger partial charge on any atom is -0.379 e. The van der Waals surface area contributed by atoms with Gasteiger partial charge in [-0.1, -0.05) is 35.1 Å². The third-order valence-corrected chi connectivity index (χ3v) is 5.43. The Hall–Kier alpha value is -2.28. The van der Waals surface area contributed by atoms with Crippen LogP contribution in [0.2, 0.25) is 0 Å². The molecule has 0 unspecified atom stereocenters. The van der Waals surface area contributed by atoms with Crippen LogP contribution in [0.3, 0.4) is 0 Å². The summed E-state index contributed by atoms with van der Waals surface area (Å²) >= 11 is 1.51. The van der Waals surface area contributed by atoms with E-state index in [0.717, 1.165) is 48.6 Å². The molecule has 1 amide bonds. The summed E-state index contributed by atoms with van der Waals surface area (Å²) < 4.78 is 6.49. The highest BCUT2D eigenvalue weighted by molar-refractivity contribution is 7.22. The molecular weight excluding hydrogens is 346 g/mol. The number of rotatable bonds is 4. The van der Waals surface area contributed by atoms with Gasteiger partial charge in [0.2, 0.25) is 0 Å². The third-order valence-electron chi connectivity index (χ3n) is 4.50. The maximum atomic E-state index is 12.4. The van der Waals surface area contributed by atoms with Gasteiger partial charge in [-0.15, -0.1) is 0 Å². The largest absolute Gasteiger partial charge is 0.379 e. The lowest BCUT2D eigenvalue weighted by atomic mass is 10.1. The van der Waals surface area contributed by atoms with Crippen LogP contribution in [-0.4, -0.2) is 42.1 Å². The van der Waals surface area contributed by atoms with Gasteiger partial charge in [0.05, 0.1) is 23.4 Å². The van der Waals surface area contributed by atoms with Crippen molar-refractivity contribution in [3.8, 4) is 0 Å². The lowest BCUT2D eigenvalue weighted by Gasteiger charge is -2.26. The number of carbonyl (C=O) groups is 1. The maximum Gasteiger partial charge on any atom is 0.257 e. The number of nitrogens with one attached hydrogen (secondary N) is 1. The van der Waals surface area contributed by atoms with Gasteiger partial charge in [-0.2, -0.15) is 0 Å². The zero-order chi connectivity index (χ0) is 17.9. The van der Waals surface area contributed by atoms with Crippen molar-refractivity contribution in [2.75, 3.05) is 31.6 Å². The standard InChI is InChI=1S/C20H21N3O2S/c1-14-2-5-16(6-3-14)19(24)22-20-21-17-7-4-15(12-18(17)26-20)13-23-8-10-25-11-9-23/h2-7,12H,8-11,13H2,1H3,(H,21,22,24). The van der Waals surface area contributed by atoms with E-state index in [2.05, 4.69) is 27.3 Å². The number of aromatic nitrogens is 1. The van der Waals surface area contributed by atoms with Gasteiger partial charge in [-0.05, 0) is 36.8 Å². The number of hydrogen-bond donors (Lipinski definition) is 1. The fourth-order valence-electron chi connectivity index (χ4n) is 3.01. The van der Waals surface area contributed by atoms with Crippen LogP contribution in [0.25, 0.3) is 10.2 Å². The summed E-state index contributed by atoms with van der Waals surface area (Å²) in [5, 5.41) is 3.54. The zero-order valence-corrected chi connectivity index (χ0v) is 15.5. The van der Waals surface area contributed by atoms with Gasteiger partial charge in [-0.25, -0.2) is 4.98 Å². The van der Waals surface area contributed by atoms with Gasteiger partial charge >= 0.3 is 0 Å². The van der Waals surface area contributed by atoms with E-state index in [1.54, 1.807) is 0 Å². The highest BCUT2D eigenvalue weighted by Gasteiger charge is 2.13. The predicted octanol–water partition coefficient (Wildman–Crippen LogP) is 3.69. The van der Waals surface area contributed by atoms with Crippen molar-refractivity contribution in [3.63, 3.8) is 0 Å². The number of morpholine rings is 1. The molecule has 1 N–H and O–H groups in total. The summed E-state index contributed by atoms with van der Waals surface area (Å²) in [6.45, 7) is 6.47. The first kappa shape index (κ1) is 17.1. The number of carbonyl (C=O) groups excluding carboxylic acids is 1. The third kappa shape index (κ3) is 3.93. The summed E-state index contributed by atoms with van der Waals surface area (Å²) in [5.74, 6) is -0.127. The van der Waals surface area contributed by atoms with E-state index < -0.39 is 0 Å². The second-order valence-electron chi connectivity index (χ2n) is 6.53. The zero-order valence-electron chi connectivity index (χ0n) is 14.7. The van der Waals surface area contributed by atoms with Crippen LogP contribution in [0.15, 0.2) is 42.5 Å². The van der Waals surface area contributed by atoms with E-state index >= 15 is 0 Å². The van der Waals surface area contributed by atoms with E-state index in [9.17, 15) is 4.79 Å². The molecule has 1 fully saturated rings. The molecule has 134 valence electrons. The number of amides is 1. The average Bonchev–Trinajstić information content (AvgIpc) is 3.04. The molecule has 5 nitrogen and oxygen atoms in total. The monoisotopic (exact) mass is 367 g/mol. The Morgan fingerprint density at radius 3 is 2.73 bits per heavy atom. The molecule has 0 spiro atoms. The highest BCUT2D eigenvalue weighted by atomic mass is 32.1. The van der Waals surface area contributed by atoms with Gasteiger partial charge in [0.25, 0.3) is 5.91 Å². The molecule has 2 heterocycles. The second-order valence-corrected chi connectivity index (χ2v) is 7.56. The Bertz CT molecular complexity index is 914. The van der Waals surface area contributed by atoms with E-state index in [1.807, 2.05) is 37.3 Å². The van der Waals surface area contributed by atoms with Crippen LogP contribution in [-0.2, 0) is 11.3 Å². The molecule has 1 aliphatic heterocycles. The molecule has 2 aromatic carbocycles. The number of anilines is 1. The molecule has 1 aromatic heterocycles. The molecule has 3 aromatic rings. The molecule has 0 radical (unpaired) electrons. The molecule has 0 aliphatic carbocycles. The van der Waals surface area contributed by atoms with Gasteiger partial charge in [-0.3, -0.25) is 15.0 Å². The number of benzene rings is 2. The molecular formula is C20H21N3O2S. The fourth-order valence-corrected chi connectivity index (χ4v) is 3.94. The average molecular weight is 367 g/mol. The highest BCUT2D eigenvalue weighted by Crippen LogP contribution is 2.27. The number of fused-ring (bicyclic) bond motifs is 1. The summed E-state index contributed by atoms with van der Waals surface area (Å²) in [4.78, 5) is 19.3. The lowest BCUT2D eigenvalue weighted by Crippen LogP contribution is -2.35. The van der Waals surface area contributed by atoms with Crippen molar-refractivity contribution < 1.29 is 9.53 Å². The predicted molar refractivity (Wildman–Crippen MR) is 105 cm³/mol. The van der Waals surface area contributed by atoms with Gasteiger partial charge in [0.1, 0.15) is 0 Å². The first-order chi connectivity index (χ1) is 12.7. The van der Waals surface area contributed by atoms with E-state index in [1.165, 1.54) is 16.9 Å². The molecule has 26 heavy (non-hydrogen) atoms. The Morgan fingerprint density at radius 2 is 1.96 bits per heavy atom. The van der Waals surface area contributed by atoms with Crippen LogP contribution in [0.5, 0.6) is 0 Å². The van der Waals surface area contributed by atoms with Crippen LogP contribution in [0, 0.1) is 6.92 Å². The van der Waals surface area contributed by atoms with Crippen molar-refractivity contribution in [3.05, 3.63) is 59.2 Å². The fraction of sp³-hybridized carbons (Fsp3) is 0.300. The van der Waals surface area contributed by atoms with Crippen molar-refractivity contribution in [2.24, 2.45) is 0 Å². The van der Waals surface area contributed by atoms with Crippen molar-refractivity contribution in [1.29, 1.82) is 0 Å². The van der Waals surface area contributed by atoms with Gasteiger partial charge in [0.15, 0.2) is 5.13 Å². The SMILES string of the molecule is Cc1ccc(C(=O)Nc2nc3ccc(CN4CCOCC4)cc3s2)cc1. The molecule has 1 aliphatic rings. The number of aryl methyl sites for hydroxylation is 1. The number of thiazole rings is 1. The molecule has 0 bridgehead atoms. The number of hydrogen-bond acceptors (Lipinski definition) is 5. The second kappa shape index (κ2) is 7.53. The smallest absolute Gasteiger partial charge is 0.257 e. The van der Waals surface area contributed by atoms with E-state index in [4.69, 9.17) is 4.74 Å². The lowest BCUT2D eigenvalue weighted by molar-refractivity contribution is 0.0342. The summed E-state index contributed by atoms with van der Waals surface area (Å²) in [7, 11) is 0. The number of nitrogens with zero attached hydrogens (tertiary/aromatic N) is 2. The molecule has 6 heteroatoms. The molecule has 1 saturated heterocycles. The minimum atomic E-state index is -0.127. The first-order valence-electron chi connectivity index (χ1n) is 8.75. The van der Waals surface area contributed by atoms with Gasteiger partial charge in [0, 0.05) is 25.2 Å². The maximum absolute atomic E-state index is 12.4. The van der Waals surface area contributed by atoms with Crippen molar-refractivity contribution in [2.45, 2.75) is 13.5 Å². The Kier molecular flexibility index (Phi) is 4.97. The quantitative estimate of drug-likeness (QED) is 0.764. The van der Waals surface area contributed by atoms with Crippen LogP contribution >= 0.6 is 11.3 Å². The molecule has 4 rings (SSSR count). The Labute approximate surface area is 156 Å². The van der Waals surface area contributed by atoms with Crippen molar-refractivity contribution in [1.82, 2.24) is 9.88 Å². The minimum absolute atomic E-state index is 0.127. The molecule has 0 saturated carbocycles. The van der Waals surface area contributed by atoms with Crippen LogP contribution in [0.1, 0.15) is 21.5 Å². The summed E-state index contributed by atoms with van der Waals surface area (Å²) in [6.07, 6.45) is 0. The van der Waals surface area contributed by atoms with E-state index in [-0.39, 0.29) is 5.91 Å². The topological polar surface area (TPSA) is 54.5 Å².